The lowest BCUT2D eigenvalue weighted by atomic mass is 9.99. The van der Waals surface area contributed by atoms with Crippen molar-refractivity contribution in [2.75, 3.05) is 11.8 Å². The summed E-state index contributed by atoms with van der Waals surface area (Å²) in [6, 6.07) is 15.2. The minimum absolute atomic E-state index is 0.132. The Hall–Kier alpha value is -3.19. The van der Waals surface area contributed by atoms with Crippen molar-refractivity contribution in [2.24, 2.45) is 0 Å². The molecule has 3 aromatic rings. The van der Waals surface area contributed by atoms with Gasteiger partial charge in [-0.3, -0.25) is 14.4 Å². The van der Waals surface area contributed by atoms with Crippen molar-refractivity contribution in [3.63, 3.8) is 0 Å². The Morgan fingerprint density at radius 2 is 1.41 bits per heavy atom. The third kappa shape index (κ3) is 6.67. The van der Waals surface area contributed by atoms with Gasteiger partial charge in [-0.25, -0.2) is 8.42 Å². The van der Waals surface area contributed by atoms with Crippen molar-refractivity contribution in [3.05, 3.63) is 88.2 Å². The highest BCUT2D eigenvalue weighted by molar-refractivity contribution is 7.92. The van der Waals surface area contributed by atoms with Crippen LogP contribution in [-0.4, -0.2) is 21.3 Å². The number of anilines is 1. The molecule has 1 N–H and O–H groups in total. The molecule has 1 aromatic heterocycles. The van der Waals surface area contributed by atoms with Crippen molar-refractivity contribution < 1.29 is 22.8 Å². The largest absolute Gasteiger partial charge is 0.305 e. The molecule has 0 atom stereocenters. The highest BCUT2D eigenvalue weighted by atomic mass is 32.2. The van der Waals surface area contributed by atoms with Crippen LogP contribution in [0.1, 0.15) is 66.1 Å². The molecule has 184 valence electrons. The van der Waals surface area contributed by atoms with Crippen LogP contribution in [0.25, 0.3) is 0 Å². The monoisotopic (exact) mass is 485 g/mol. The second-order valence-electron chi connectivity index (χ2n) is 7.26. The van der Waals surface area contributed by atoms with Crippen molar-refractivity contribution >= 4 is 21.5 Å². The van der Waals surface area contributed by atoms with Crippen molar-refractivity contribution in [3.8, 4) is 0 Å². The SMILES string of the molecule is CC.CC.CO[n+]1c(C)cccc1C(=O)c1cc(C)c(C)cc1NS(=O)(=O)c1ccc(C)cc1. The lowest BCUT2D eigenvalue weighted by Gasteiger charge is -2.14. The van der Waals surface area contributed by atoms with Gasteiger partial charge in [0, 0.05) is 23.8 Å². The molecule has 0 aliphatic rings. The van der Waals surface area contributed by atoms with Crippen molar-refractivity contribution in [1.82, 2.24) is 0 Å². The highest BCUT2D eigenvalue weighted by Gasteiger charge is 2.28. The molecule has 0 radical (unpaired) electrons. The highest BCUT2D eigenvalue weighted by Crippen LogP contribution is 2.26. The smallest absolute Gasteiger partial charge is 0.282 e. The van der Waals surface area contributed by atoms with E-state index >= 15 is 0 Å². The van der Waals surface area contributed by atoms with Gasteiger partial charge in [-0.05, 0) is 62.2 Å². The number of pyridine rings is 1. The predicted octanol–water partition coefficient (Wildman–Crippen LogP) is 5.35. The Morgan fingerprint density at radius 3 is 1.97 bits per heavy atom. The van der Waals surface area contributed by atoms with Crippen LogP contribution in [0.4, 0.5) is 5.69 Å². The van der Waals surface area contributed by atoms with E-state index in [0.717, 1.165) is 22.4 Å². The van der Waals surface area contributed by atoms with E-state index in [1.807, 2.05) is 61.5 Å². The zero-order chi connectivity index (χ0) is 26.1. The summed E-state index contributed by atoms with van der Waals surface area (Å²) in [6.07, 6.45) is 0. The van der Waals surface area contributed by atoms with Gasteiger partial charge < -0.3 is 0 Å². The molecular formula is C27H37N2O4S+. The van der Waals surface area contributed by atoms with E-state index in [1.165, 1.54) is 11.8 Å². The van der Waals surface area contributed by atoms with Crippen LogP contribution in [0, 0.1) is 27.7 Å². The average molecular weight is 486 g/mol. The van der Waals surface area contributed by atoms with Crippen molar-refractivity contribution in [1.29, 1.82) is 0 Å². The molecular weight excluding hydrogens is 448 g/mol. The van der Waals surface area contributed by atoms with Crippen LogP contribution in [0.5, 0.6) is 0 Å². The fourth-order valence-corrected chi connectivity index (χ4v) is 4.23. The van der Waals surface area contributed by atoms with E-state index in [4.69, 9.17) is 4.84 Å². The molecule has 2 aromatic carbocycles. The quantitative estimate of drug-likeness (QED) is 0.377. The van der Waals surface area contributed by atoms with Gasteiger partial charge in [0.1, 0.15) is 7.11 Å². The molecule has 6 nitrogen and oxygen atoms in total. The second kappa shape index (κ2) is 12.9. The van der Waals surface area contributed by atoms with E-state index in [0.29, 0.717) is 5.69 Å². The number of nitrogens with one attached hydrogen (secondary N) is 1. The zero-order valence-electron chi connectivity index (χ0n) is 21.7. The summed E-state index contributed by atoms with van der Waals surface area (Å²) in [4.78, 5) is 18.9. The minimum atomic E-state index is -3.86. The Kier molecular flexibility index (Phi) is 10.9. The predicted molar refractivity (Wildman–Crippen MR) is 138 cm³/mol. The number of sulfonamides is 1. The summed E-state index contributed by atoms with van der Waals surface area (Å²) < 4.78 is 29.9. The number of aromatic nitrogens is 1. The molecule has 0 aliphatic carbocycles. The van der Waals surface area contributed by atoms with Crippen LogP contribution in [0.15, 0.2) is 59.5 Å². The number of hydrogen-bond acceptors (Lipinski definition) is 4. The number of aryl methyl sites for hydroxylation is 4. The number of hydrogen-bond donors (Lipinski definition) is 1. The van der Waals surface area contributed by atoms with Gasteiger partial charge >= 0.3 is 5.69 Å². The molecule has 0 unspecified atom stereocenters. The molecule has 1 heterocycles. The van der Waals surface area contributed by atoms with E-state index in [1.54, 1.807) is 48.5 Å². The van der Waals surface area contributed by atoms with Crippen LogP contribution in [0.3, 0.4) is 0 Å². The first-order chi connectivity index (χ1) is 16.1. The van der Waals surface area contributed by atoms with Crippen LogP contribution < -0.4 is 14.3 Å². The number of nitrogens with zero attached hydrogens (tertiary/aromatic N) is 1. The maximum Gasteiger partial charge on any atom is 0.305 e. The van der Waals surface area contributed by atoms with E-state index in [9.17, 15) is 13.2 Å². The van der Waals surface area contributed by atoms with Gasteiger partial charge in [0.15, 0.2) is 0 Å². The fraction of sp³-hybridized carbons (Fsp3) is 0.333. The normalized spacial score (nSPS) is 10.3. The van der Waals surface area contributed by atoms with Crippen molar-refractivity contribution in [2.45, 2.75) is 60.3 Å². The minimum Gasteiger partial charge on any atom is -0.282 e. The summed E-state index contributed by atoms with van der Waals surface area (Å²) >= 11 is 0. The molecule has 0 spiro atoms. The first-order valence-corrected chi connectivity index (χ1v) is 12.9. The Labute approximate surface area is 204 Å². The van der Waals surface area contributed by atoms with E-state index in [2.05, 4.69) is 4.72 Å². The molecule has 0 bridgehead atoms. The number of carbonyl (C=O) groups is 1. The fourth-order valence-electron chi connectivity index (χ4n) is 3.16. The van der Waals surface area contributed by atoms with Gasteiger partial charge in [-0.15, -0.1) is 0 Å². The maximum atomic E-state index is 13.4. The van der Waals surface area contributed by atoms with Gasteiger partial charge in [-0.2, -0.15) is 0 Å². The second-order valence-corrected chi connectivity index (χ2v) is 8.94. The number of carbonyl (C=O) groups excluding carboxylic acids is 1. The van der Waals surface area contributed by atoms with Gasteiger partial charge in [0.2, 0.25) is 5.69 Å². The third-order valence-corrected chi connectivity index (χ3v) is 6.38. The summed E-state index contributed by atoms with van der Waals surface area (Å²) in [6.45, 7) is 15.5. The molecule has 34 heavy (non-hydrogen) atoms. The molecule has 0 aliphatic heterocycles. The molecule has 3 rings (SSSR count). The third-order valence-electron chi connectivity index (χ3n) is 5.00. The van der Waals surface area contributed by atoms with Gasteiger partial charge in [-0.1, -0.05) is 45.4 Å². The first-order valence-electron chi connectivity index (χ1n) is 11.5. The van der Waals surface area contributed by atoms with Crippen LogP contribution >= 0.6 is 0 Å². The molecule has 0 amide bonds. The number of benzene rings is 2. The van der Waals surface area contributed by atoms with Gasteiger partial charge in [0.05, 0.1) is 16.1 Å². The van der Waals surface area contributed by atoms with E-state index < -0.39 is 10.0 Å². The number of ketones is 1. The number of rotatable bonds is 6. The molecule has 0 saturated heterocycles. The lowest BCUT2D eigenvalue weighted by molar-refractivity contribution is -0.890. The van der Waals surface area contributed by atoms with Gasteiger partial charge in [0.25, 0.3) is 15.8 Å². The van der Waals surface area contributed by atoms with Crippen LogP contribution in [-0.2, 0) is 10.0 Å². The van der Waals surface area contributed by atoms with E-state index in [-0.39, 0.29) is 21.9 Å². The summed E-state index contributed by atoms with van der Waals surface area (Å²) in [7, 11) is -2.38. The Balaban J connectivity index is 0.00000137. The molecule has 7 heteroatoms. The summed E-state index contributed by atoms with van der Waals surface area (Å²) in [5.74, 6) is -0.342. The maximum absolute atomic E-state index is 13.4. The zero-order valence-corrected chi connectivity index (χ0v) is 22.5. The summed E-state index contributed by atoms with van der Waals surface area (Å²) in [5.41, 5.74) is 4.24. The summed E-state index contributed by atoms with van der Waals surface area (Å²) in [5, 5.41) is 0. The molecule has 0 saturated carbocycles. The first kappa shape index (κ1) is 28.8. The standard InChI is InChI=1S/C23H24N2O4S.2C2H6/c1-15-9-11-19(12-10-15)30(27,28)24-21-14-17(3)16(2)13-20(21)23(26)22-8-6-7-18(4)25(22)29-5;2*1-2/h6-14H,1-5H3;2*1-2H3/p+1. The topological polar surface area (TPSA) is 76.3 Å². The Morgan fingerprint density at radius 1 is 0.853 bits per heavy atom. The van der Waals surface area contributed by atoms with Crippen LogP contribution in [0.2, 0.25) is 0 Å². The Bertz CT molecular complexity index is 1220. The lowest BCUT2D eigenvalue weighted by Crippen LogP contribution is -2.48. The molecule has 0 fully saturated rings. The average Bonchev–Trinajstić information content (AvgIpc) is 2.83.